The Labute approximate surface area is 314 Å². The van der Waals surface area contributed by atoms with E-state index in [-0.39, 0.29) is 50.1 Å². The molecule has 5 N–H and O–H groups in total. The van der Waals surface area contributed by atoms with Crippen molar-refractivity contribution in [1.29, 1.82) is 0 Å². The van der Waals surface area contributed by atoms with Gasteiger partial charge < -0.3 is 36.0 Å². The van der Waals surface area contributed by atoms with Gasteiger partial charge in [-0.2, -0.15) is 0 Å². The van der Waals surface area contributed by atoms with Gasteiger partial charge in [-0.25, -0.2) is 9.48 Å². The van der Waals surface area contributed by atoms with Crippen LogP contribution in [-0.4, -0.2) is 98.4 Å². The van der Waals surface area contributed by atoms with Crippen LogP contribution >= 0.6 is 0 Å². The van der Waals surface area contributed by atoms with Crippen molar-refractivity contribution in [3.63, 3.8) is 0 Å². The molecule has 0 radical (unpaired) electrons. The van der Waals surface area contributed by atoms with Crippen LogP contribution in [0.2, 0.25) is 0 Å². The summed E-state index contributed by atoms with van der Waals surface area (Å²) in [5.41, 5.74) is 1.95. The van der Waals surface area contributed by atoms with E-state index in [9.17, 15) is 29.1 Å². The van der Waals surface area contributed by atoms with Crippen LogP contribution in [0.15, 0.2) is 60.8 Å². The molecule has 3 aromatic rings. The zero-order valence-corrected chi connectivity index (χ0v) is 30.8. The van der Waals surface area contributed by atoms with Crippen LogP contribution in [0, 0.1) is 5.92 Å². The van der Waals surface area contributed by atoms with Gasteiger partial charge in [-0.3, -0.25) is 19.2 Å². The lowest BCUT2D eigenvalue weighted by atomic mass is 9.84. The number of nitrogens with one attached hydrogen (secondary N) is 4. The van der Waals surface area contributed by atoms with Gasteiger partial charge in [-0.15, -0.1) is 5.10 Å². The molecule has 1 saturated heterocycles. The molecule has 1 aromatic heterocycles. The lowest BCUT2D eigenvalue weighted by Gasteiger charge is -2.32. The van der Waals surface area contributed by atoms with Gasteiger partial charge in [0.25, 0.3) is 0 Å². The lowest BCUT2D eigenvalue weighted by Crippen LogP contribution is -2.58. The number of carboxylic acid groups (broad SMARTS) is 1. The Hall–Kier alpha value is -5.31. The SMILES string of the molecule is CNC(C)C(=O)NC(CC1CCCCC1)C(=O)N1CC2CC1C(=O)NC(Cc1ccccc1)C(=O)NC(C(=O)O)Cc1ccc(cc1)OCc1cn2nn1. The minimum atomic E-state index is -1.28. The van der Waals surface area contributed by atoms with Crippen LogP contribution in [0.4, 0.5) is 0 Å². The number of rotatable bonds is 9. The van der Waals surface area contributed by atoms with E-state index in [4.69, 9.17) is 4.74 Å². The number of fused-ring (bicyclic) bond motifs is 9. The first-order chi connectivity index (χ1) is 26.1. The highest BCUT2D eigenvalue weighted by atomic mass is 16.5. The number of amides is 4. The summed E-state index contributed by atoms with van der Waals surface area (Å²) in [6, 6.07) is 10.7. The van der Waals surface area contributed by atoms with Gasteiger partial charge in [-0.1, -0.05) is 79.8 Å². The Balaban J connectivity index is 1.34. The van der Waals surface area contributed by atoms with E-state index < -0.39 is 54.0 Å². The molecule has 4 amide bonds. The molecule has 7 rings (SSSR count). The second-order valence-electron chi connectivity index (χ2n) is 14.7. The highest BCUT2D eigenvalue weighted by molar-refractivity contribution is 5.96. The van der Waals surface area contributed by atoms with Gasteiger partial charge in [0.1, 0.15) is 42.2 Å². The molecular formula is C39H50N8O7. The molecule has 4 heterocycles. The Morgan fingerprint density at radius 1 is 1.00 bits per heavy atom. The predicted octanol–water partition coefficient (Wildman–Crippen LogP) is 1.92. The third-order valence-electron chi connectivity index (χ3n) is 10.8. The van der Waals surface area contributed by atoms with Crippen LogP contribution in [0.1, 0.15) is 74.7 Å². The Morgan fingerprint density at radius 2 is 1.74 bits per heavy atom. The number of ether oxygens (including phenoxy) is 1. The molecule has 6 atom stereocenters. The van der Waals surface area contributed by atoms with E-state index >= 15 is 0 Å². The van der Waals surface area contributed by atoms with Crippen molar-refractivity contribution in [2.24, 2.45) is 5.92 Å². The van der Waals surface area contributed by atoms with E-state index in [0.29, 0.717) is 23.4 Å². The normalized spacial score (nSPS) is 23.5. The molecule has 2 aromatic carbocycles. The van der Waals surface area contributed by atoms with Gasteiger partial charge in [0, 0.05) is 25.8 Å². The largest absolute Gasteiger partial charge is 0.487 e. The Morgan fingerprint density at radius 3 is 2.44 bits per heavy atom. The molecule has 6 unspecified atom stereocenters. The van der Waals surface area contributed by atoms with Crippen molar-refractivity contribution >= 4 is 29.6 Å². The lowest BCUT2D eigenvalue weighted by molar-refractivity contribution is -0.143. The highest BCUT2D eigenvalue weighted by Gasteiger charge is 2.44. The number of hydrogen-bond donors (Lipinski definition) is 5. The van der Waals surface area contributed by atoms with E-state index in [0.717, 1.165) is 37.7 Å². The Bertz CT molecular complexity index is 1780. The van der Waals surface area contributed by atoms with E-state index in [1.165, 1.54) is 4.90 Å². The third-order valence-corrected chi connectivity index (χ3v) is 10.8. The molecule has 54 heavy (non-hydrogen) atoms. The Kier molecular flexibility index (Phi) is 12.6. The van der Waals surface area contributed by atoms with Crippen molar-refractivity contribution in [2.75, 3.05) is 13.6 Å². The number of nitrogens with zero attached hydrogens (tertiary/aromatic N) is 4. The molecule has 3 aliphatic heterocycles. The number of carbonyl (C=O) groups is 5. The number of benzene rings is 2. The van der Waals surface area contributed by atoms with Gasteiger partial charge in [-0.05, 0) is 49.6 Å². The van der Waals surface area contributed by atoms with Gasteiger partial charge >= 0.3 is 5.97 Å². The minimum absolute atomic E-state index is 0.00542. The number of likely N-dealkylation sites (N-methyl/N-ethyl adjacent to an activating group) is 1. The number of aliphatic carboxylic acids is 1. The molecular weight excluding hydrogens is 692 g/mol. The molecule has 1 saturated carbocycles. The standard InChI is InChI=1S/C39H50N8O7/c1-24(40-2)35(48)42-32(18-26-11-7-4-8-12-26)38(51)46-22-29-20-34(46)37(50)41-31(17-25-9-5-3-6-10-25)36(49)43-33(39(52)53)19-27-13-15-30(16-14-27)54-23-28-21-47(29)45-44-28/h3,5-6,9-10,13-16,21,24,26,29,31-34,40H,4,7-8,11-12,17-20,22-23H2,1-2H3,(H,41,50)(H,42,48)(H,43,49)(H,52,53). The van der Waals surface area contributed by atoms with Crippen LogP contribution in [0.25, 0.3) is 0 Å². The molecule has 2 fully saturated rings. The highest BCUT2D eigenvalue weighted by Crippen LogP contribution is 2.32. The van der Waals surface area contributed by atoms with Crippen molar-refractivity contribution < 1.29 is 33.8 Å². The van der Waals surface area contributed by atoms with E-state index in [2.05, 4.69) is 31.6 Å². The fourth-order valence-electron chi connectivity index (χ4n) is 7.58. The second kappa shape index (κ2) is 17.7. The zero-order chi connectivity index (χ0) is 38.2. The first-order valence-electron chi connectivity index (χ1n) is 18.9. The maximum absolute atomic E-state index is 14.7. The molecule has 15 heteroatoms. The van der Waals surface area contributed by atoms with Crippen LogP contribution < -0.4 is 26.0 Å². The fourth-order valence-corrected chi connectivity index (χ4v) is 7.58. The average molecular weight is 743 g/mol. The number of carbonyl (C=O) groups excluding carboxylic acids is 4. The van der Waals surface area contributed by atoms with E-state index in [1.807, 2.05) is 30.3 Å². The first-order valence-corrected chi connectivity index (χ1v) is 18.9. The summed E-state index contributed by atoms with van der Waals surface area (Å²) in [7, 11) is 1.67. The summed E-state index contributed by atoms with van der Waals surface area (Å²) in [6.45, 7) is 1.93. The summed E-state index contributed by atoms with van der Waals surface area (Å²) in [5, 5.41) is 30.2. The number of aromatic nitrogens is 3. The van der Waals surface area contributed by atoms with Gasteiger partial charge in [0.05, 0.1) is 18.3 Å². The second-order valence-corrected chi connectivity index (χ2v) is 14.7. The van der Waals surface area contributed by atoms with Crippen molar-refractivity contribution in [1.82, 2.24) is 41.2 Å². The average Bonchev–Trinajstić information content (AvgIpc) is 3.85. The molecule has 4 aliphatic rings. The fraction of sp³-hybridized carbons (Fsp3) is 0.513. The van der Waals surface area contributed by atoms with Crippen LogP contribution in [0.5, 0.6) is 5.75 Å². The molecule has 288 valence electrons. The third kappa shape index (κ3) is 9.61. The van der Waals surface area contributed by atoms with Crippen molar-refractivity contribution in [2.45, 2.75) is 108 Å². The first kappa shape index (κ1) is 38.4. The minimum Gasteiger partial charge on any atom is -0.487 e. The van der Waals surface area contributed by atoms with E-state index in [1.54, 1.807) is 49.1 Å². The van der Waals surface area contributed by atoms with Crippen LogP contribution in [-0.2, 0) is 43.4 Å². The number of likely N-dealkylation sites (tertiary alicyclic amines) is 1. The summed E-state index contributed by atoms with van der Waals surface area (Å²) >= 11 is 0. The van der Waals surface area contributed by atoms with Crippen molar-refractivity contribution in [3.05, 3.63) is 77.6 Å². The smallest absolute Gasteiger partial charge is 0.326 e. The molecule has 0 spiro atoms. The topological polar surface area (TPSA) is 197 Å². The zero-order valence-electron chi connectivity index (χ0n) is 30.8. The van der Waals surface area contributed by atoms with Crippen molar-refractivity contribution in [3.8, 4) is 5.75 Å². The molecule has 6 bridgehead atoms. The van der Waals surface area contributed by atoms with Gasteiger partial charge in [0.15, 0.2) is 0 Å². The maximum atomic E-state index is 14.7. The number of hydrogen-bond acceptors (Lipinski definition) is 9. The van der Waals surface area contributed by atoms with Gasteiger partial charge in [0.2, 0.25) is 23.6 Å². The predicted molar refractivity (Wildman–Crippen MR) is 197 cm³/mol. The van der Waals surface area contributed by atoms with Crippen LogP contribution in [0.3, 0.4) is 0 Å². The monoisotopic (exact) mass is 742 g/mol. The number of carboxylic acids is 1. The molecule has 15 nitrogen and oxygen atoms in total. The maximum Gasteiger partial charge on any atom is 0.326 e. The quantitative estimate of drug-likeness (QED) is 0.216. The summed E-state index contributed by atoms with van der Waals surface area (Å²) in [6.07, 6.45) is 7.56. The summed E-state index contributed by atoms with van der Waals surface area (Å²) in [4.78, 5) is 70.2. The molecule has 1 aliphatic carbocycles. The summed E-state index contributed by atoms with van der Waals surface area (Å²) < 4.78 is 7.56. The summed E-state index contributed by atoms with van der Waals surface area (Å²) in [5.74, 6) is -2.40.